The molecule has 0 radical (unpaired) electrons. The molecule has 1 N–H and O–H groups in total. The Hall–Kier alpha value is -1.41. The highest BCUT2D eigenvalue weighted by Gasteiger charge is 2.14. The molecule has 0 aromatic carbocycles. The monoisotopic (exact) mass is 198 g/mol. The van der Waals surface area contributed by atoms with Gasteiger partial charge in [-0.05, 0) is 13.8 Å². The lowest BCUT2D eigenvalue weighted by atomic mass is 10.2. The SMILES string of the molecule is CCOC(=O)C(=O)CN[C@@H](C)CC#N. The molecule has 0 unspecified atom stereocenters. The van der Waals surface area contributed by atoms with Crippen molar-refractivity contribution in [1.29, 1.82) is 5.26 Å². The second kappa shape index (κ2) is 7.04. The van der Waals surface area contributed by atoms with Crippen molar-refractivity contribution in [3.8, 4) is 6.07 Å². The summed E-state index contributed by atoms with van der Waals surface area (Å²) in [5.74, 6) is -1.44. The number of nitrogens with one attached hydrogen (secondary N) is 1. The van der Waals surface area contributed by atoms with Gasteiger partial charge in [0.15, 0.2) is 0 Å². The average Bonchev–Trinajstić information content (AvgIpc) is 2.15. The fourth-order valence-corrected chi connectivity index (χ4v) is 0.760. The molecule has 0 bridgehead atoms. The maximum absolute atomic E-state index is 11.0. The predicted molar refractivity (Wildman–Crippen MR) is 49.3 cm³/mol. The first-order chi connectivity index (χ1) is 6.61. The van der Waals surface area contributed by atoms with Crippen LogP contribution < -0.4 is 5.32 Å². The van der Waals surface area contributed by atoms with Crippen molar-refractivity contribution < 1.29 is 14.3 Å². The molecule has 0 saturated carbocycles. The molecule has 0 heterocycles. The first-order valence-corrected chi connectivity index (χ1v) is 4.42. The lowest BCUT2D eigenvalue weighted by molar-refractivity contribution is -0.153. The van der Waals surface area contributed by atoms with Crippen LogP contribution in [-0.2, 0) is 14.3 Å². The van der Waals surface area contributed by atoms with Crippen molar-refractivity contribution >= 4 is 11.8 Å². The van der Waals surface area contributed by atoms with E-state index in [2.05, 4.69) is 10.1 Å². The highest BCUT2D eigenvalue weighted by molar-refractivity contribution is 6.34. The Balaban J connectivity index is 3.74. The van der Waals surface area contributed by atoms with Gasteiger partial charge in [0.2, 0.25) is 0 Å². The van der Waals surface area contributed by atoms with Gasteiger partial charge in [-0.15, -0.1) is 0 Å². The smallest absolute Gasteiger partial charge is 0.375 e. The Morgan fingerprint density at radius 1 is 1.57 bits per heavy atom. The molecule has 5 nitrogen and oxygen atoms in total. The largest absolute Gasteiger partial charge is 0.460 e. The second-order valence-electron chi connectivity index (χ2n) is 2.79. The van der Waals surface area contributed by atoms with E-state index < -0.39 is 11.8 Å². The molecule has 5 heteroatoms. The van der Waals surface area contributed by atoms with Gasteiger partial charge < -0.3 is 10.1 Å². The van der Waals surface area contributed by atoms with E-state index in [1.165, 1.54) is 0 Å². The zero-order valence-corrected chi connectivity index (χ0v) is 8.37. The van der Waals surface area contributed by atoms with Crippen LogP contribution in [0.15, 0.2) is 0 Å². The minimum atomic E-state index is -0.829. The lowest BCUT2D eigenvalue weighted by Crippen LogP contribution is -2.35. The van der Waals surface area contributed by atoms with Gasteiger partial charge in [-0.25, -0.2) is 4.79 Å². The Morgan fingerprint density at radius 2 is 2.21 bits per heavy atom. The summed E-state index contributed by atoms with van der Waals surface area (Å²) in [5.41, 5.74) is 0. The van der Waals surface area contributed by atoms with Crippen LogP contribution in [0.1, 0.15) is 20.3 Å². The average molecular weight is 198 g/mol. The minimum Gasteiger partial charge on any atom is -0.460 e. The van der Waals surface area contributed by atoms with Crippen LogP contribution >= 0.6 is 0 Å². The van der Waals surface area contributed by atoms with Crippen LogP contribution in [0, 0.1) is 11.3 Å². The molecule has 0 amide bonds. The minimum absolute atomic E-state index is 0.0817. The van der Waals surface area contributed by atoms with E-state index in [-0.39, 0.29) is 19.2 Å². The number of ether oxygens (including phenoxy) is 1. The van der Waals surface area contributed by atoms with Gasteiger partial charge in [-0.2, -0.15) is 5.26 Å². The van der Waals surface area contributed by atoms with Gasteiger partial charge >= 0.3 is 5.97 Å². The fourth-order valence-electron chi connectivity index (χ4n) is 0.760. The van der Waals surface area contributed by atoms with Gasteiger partial charge in [0, 0.05) is 6.04 Å². The number of rotatable bonds is 6. The third-order valence-corrected chi connectivity index (χ3v) is 1.51. The van der Waals surface area contributed by atoms with E-state index in [0.29, 0.717) is 6.42 Å². The molecule has 0 saturated heterocycles. The molecular weight excluding hydrogens is 184 g/mol. The van der Waals surface area contributed by atoms with E-state index in [4.69, 9.17) is 5.26 Å². The molecule has 1 atom stereocenters. The maximum Gasteiger partial charge on any atom is 0.375 e. The Bertz CT molecular complexity index is 245. The van der Waals surface area contributed by atoms with Gasteiger partial charge in [0.05, 0.1) is 25.6 Å². The molecule has 0 aromatic rings. The number of esters is 1. The summed E-state index contributed by atoms with van der Waals surface area (Å²) in [5, 5.41) is 11.1. The van der Waals surface area contributed by atoms with Gasteiger partial charge in [-0.1, -0.05) is 0 Å². The first kappa shape index (κ1) is 12.6. The molecule has 0 aliphatic rings. The number of carbonyl (C=O) groups excluding carboxylic acids is 2. The summed E-state index contributed by atoms with van der Waals surface area (Å²) in [4.78, 5) is 21.9. The summed E-state index contributed by atoms with van der Waals surface area (Å²) >= 11 is 0. The molecule has 0 fully saturated rings. The third-order valence-electron chi connectivity index (χ3n) is 1.51. The quantitative estimate of drug-likeness (QED) is 0.480. The molecule has 0 spiro atoms. The van der Waals surface area contributed by atoms with Crippen molar-refractivity contribution in [2.75, 3.05) is 13.2 Å². The van der Waals surface area contributed by atoms with Crippen molar-refractivity contribution in [2.45, 2.75) is 26.3 Å². The molecule has 0 rings (SSSR count). The third kappa shape index (κ3) is 5.27. The summed E-state index contributed by atoms with van der Waals surface area (Å²) in [6.07, 6.45) is 0.302. The number of ketones is 1. The van der Waals surface area contributed by atoms with E-state index in [1.807, 2.05) is 6.07 Å². The van der Waals surface area contributed by atoms with Gasteiger partial charge in [-0.3, -0.25) is 4.79 Å². The Morgan fingerprint density at radius 3 is 2.71 bits per heavy atom. The summed E-state index contributed by atoms with van der Waals surface area (Å²) in [7, 11) is 0. The zero-order valence-electron chi connectivity index (χ0n) is 8.37. The van der Waals surface area contributed by atoms with Crippen LogP contribution in [0.5, 0.6) is 0 Å². The number of hydrogen-bond donors (Lipinski definition) is 1. The van der Waals surface area contributed by atoms with E-state index in [1.54, 1.807) is 13.8 Å². The first-order valence-electron chi connectivity index (χ1n) is 4.42. The van der Waals surface area contributed by atoms with Crippen molar-refractivity contribution in [2.24, 2.45) is 0 Å². The number of nitriles is 1. The molecule has 0 aliphatic carbocycles. The number of nitrogens with zero attached hydrogens (tertiary/aromatic N) is 1. The number of hydrogen-bond acceptors (Lipinski definition) is 5. The van der Waals surface area contributed by atoms with Crippen molar-refractivity contribution in [3.05, 3.63) is 0 Å². The van der Waals surface area contributed by atoms with Crippen LogP contribution in [0.4, 0.5) is 0 Å². The summed E-state index contributed by atoms with van der Waals surface area (Å²) in [6.45, 7) is 3.51. The zero-order chi connectivity index (χ0) is 11.0. The molecular formula is C9H14N2O3. The van der Waals surface area contributed by atoms with Crippen molar-refractivity contribution in [1.82, 2.24) is 5.32 Å². The molecule has 78 valence electrons. The van der Waals surface area contributed by atoms with E-state index in [9.17, 15) is 9.59 Å². The van der Waals surface area contributed by atoms with Crippen LogP contribution in [0.25, 0.3) is 0 Å². The van der Waals surface area contributed by atoms with Crippen LogP contribution in [-0.4, -0.2) is 30.9 Å². The highest BCUT2D eigenvalue weighted by Crippen LogP contribution is 1.88. The molecule has 14 heavy (non-hydrogen) atoms. The molecule has 0 aliphatic heterocycles. The van der Waals surface area contributed by atoms with E-state index >= 15 is 0 Å². The van der Waals surface area contributed by atoms with Gasteiger partial charge in [0.25, 0.3) is 5.78 Å². The second-order valence-corrected chi connectivity index (χ2v) is 2.79. The van der Waals surface area contributed by atoms with Crippen molar-refractivity contribution in [3.63, 3.8) is 0 Å². The fraction of sp³-hybridized carbons (Fsp3) is 0.667. The normalized spacial score (nSPS) is 11.5. The highest BCUT2D eigenvalue weighted by atomic mass is 16.5. The van der Waals surface area contributed by atoms with Gasteiger partial charge in [0.1, 0.15) is 0 Å². The Kier molecular flexibility index (Phi) is 6.33. The summed E-state index contributed by atoms with van der Waals surface area (Å²) < 4.78 is 4.50. The van der Waals surface area contributed by atoms with E-state index in [0.717, 1.165) is 0 Å². The van der Waals surface area contributed by atoms with Crippen LogP contribution in [0.3, 0.4) is 0 Å². The number of carbonyl (C=O) groups is 2. The summed E-state index contributed by atoms with van der Waals surface area (Å²) in [6, 6.07) is 1.86. The number of Topliss-reactive ketones (excluding diaryl/α,β-unsaturated/α-hetero) is 1. The predicted octanol–water partition coefficient (Wildman–Crippen LogP) is 0.0104. The van der Waals surface area contributed by atoms with Crippen LogP contribution in [0.2, 0.25) is 0 Å². The maximum atomic E-state index is 11.0. The lowest BCUT2D eigenvalue weighted by Gasteiger charge is -2.08. The topological polar surface area (TPSA) is 79.2 Å². The molecule has 0 aromatic heterocycles. The standard InChI is InChI=1S/C9H14N2O3/c1-3-14-9(13)8(12)6-11-7(2)4-5-10/h7,11H,3-4,6H2,1-2H3/t7-/m0/s1. The Labute approximate surface area is 83.0 Å².